The minimum absolute atomic E-state index is 0.0669. The molecule has 0 bridgehead atoms. The van der Waals surface area contributed by atoms with Gasteiger partial charge in [0.05, 0.1) is 10.7 Å². The third-order valence-corrected chi connectivity index (χ3v) is 4.95. The van der Waals surface area contributed by atoms with E-state index in [2.05, 4.69) is 25.7 Å². The standard InChI is InChI=1S/C16H24N6OS/c1-3-22-8-5-15(19-22)18-16(23)21-7-4-6-20(9-10-21)11-14-12-24-13(2)17-14/h5,8,12H,3-4,6-7,9-11H2,1-2H3,(H,18,19,23). The molecule has 1 fully saturated rings. The van der Waals surface area contributed by atoms with Crippen molar-refractivity contribution in [2.75, 3.05) is 31.5 Å². The lowest BCUT2D eigenvalue weighted by atomic mass is 10.3. The molecule has 1 aliphatic rings. The van der Waals surface area contributed by atoms with Gasteiger partial charge in [-0.15, -0.1) is 11.3 Å². The van der Waals surface area contributed by atoms with Crippen molar-refractivity contribution in [3.63, 3.8) is 0 Å². The molecule has 0 spiro atoms. The topological polar surface area (TPSA) is 66.3 Å². The summed E-state index contributed by atoms with van der Waals surface area (Å²) in [7, 11) is 0. The van der Waals surface area contributed by atoms with Crippen LogP contribution < -0.4 is 5.32 Å². The van der Waals surface area contributed by atoms with E-state index in [0.717, 1.165) is 56.4 Å². The van der Waals surface area contributed by atoms with Crippen LogP contribution in [-0.2, 0) is 13.1 Å². The van der Waals surface area contributed by atoms with Gasteiger partial charge in [-0.3, -0.25) is 14.9 Å². The monoisotopic (exact) mass is 348 g/mol. The molecule has 7 nitrogen and oxygen atoms in total. The molecule has 2 aromatic heterocycles. The Morgan fingerprint density at radius 1 is 1.33 bits per heavy atom. The van der Waals surface area contributed by atoms with E-state index >= 15 is 0 Å². The SMILES string of the molecule is CCn1ccc(NC(=O)N2CCCN(Cc3csc(C)n3)CC2)n1. The maximum absolute atomic E-state index is 12.4. The van der Waals surface area contributed by atoms with Crippen LogP contribution in [0.4, 0.5) is 10.6 Å². The van der Waals surface area contributed by atoms with Crippen molar-refractivity contribution >= 4 is 23.2 Å². The molecule has 0 aliphatic carbocycles. The van der Waals surface area contributed by atoms with Gasteiger partial charge >= 0.3 is 6.03 Å². The number of rotatable bonds is 4. The Hall–Kier alpha value is -1.93. The highest BCUT2D eigenvalue weighted by molar-refractivity contribution is 7.09. The number of aromatic nitrogens is 3. The number of carbonyl (C=O) groups excluding carboxylic acids is 1. The molecule has 130 valence electrons. The molecule has 1 saturated heterocycles. The summed E-state index contributed by atoms with van der Waals surface area (Å²) in [5, 5.41) is 10.4. The summed E-state index contributed by atoms with van der Waals surface area (Å²) in [6.45, 7) is 9.06. The highest BCUT2D eigenvalue weighted by Crippen LogP contribution is 2.13. The van der Waals surface area contributed by atoms with Gasteiger partial charge in [0, 0.05) is 56.9 Å². The predicted octanol–water partition coefficient (Wildman–Crippen LogP) is 2.41. The average Bonchev–Trinajstić information content (AvgIpc) is 3.11. The molecule has 0 unspecified atom stereocenters. The number of carbonyl (C=O) groups is 1. The van der Waals surface area contributed by atoms with Crippen LogP contribution in [0.2, 0.25) is 0 Å². The predicted molar refractivity (Wildman–Crippen MR) is 95.2 cm³/mol. The second kappa shape index (κ2) is 7.76. The third kappa shape index (κ3) is 4.33. The molecule has 3 heterocycles. The summed E-state index contributed by atoms with van der Waals surface area (Å²) in [5.74, 6) is 0.612. The second-order valence-electron chi connectivity index (χ2n) is 5.96. The Bertz CT molecular complexity index is 682. The molecular formula is C16H24N6OS. The number of aryl methyl sites for hydroxylation is 2. The molecule has 1 aliphatic heterocycles. The quantitative estimate of drug-likeness (QED) is 0.921. The zero-order chi connectivity index (χ0) is 16.9. The van der Waals surface area contributed by atoms with Gasteiger partial charge in [-0.2, -0.15) is 5.10 Å². The fourth-order valence-corrected chi connectivity index (χ4v) is 3.44. The van der Waals surface area contributed by atoms with Gasteiger partial charge in [0.2, 0.25) is 0 Å². The van der Waals surface area contributed by atoms with Crippen molar-refractivity contribution in [3.8, 4) is 0 Å². The van der Waals surface area contributed by atoms with E-state index in [9.17, 15) is 4.79 Å². The van der Waals surface area contributed by atoms with E-state index in [1.807, 2.05) is 31.0 Å². The Morgan fingerprint density at radius 2 is 2.21 bits per heavy atom. The molecular weight excluding hydrogens is 324 g/mol. The fourth-order valence-electron chi connectivity index (χ4n) is 2.84. The van der Waals surface area contributed by atoms with Gasteiger partial charge in [-0.1, -0.05) is 0 Å². The summed E-state index contributed by atoms with van der Waals surface area (Å²) in [6.07, 6.45) is 2.84. The number of hydrogen-bond donors (Lipinski definition) is 1. The van der Waals surface area contributed by atoms with Crippen molar-refractivity contribution in [1.82, 2.24) is 24.6 Å². The molecule has 0 radical (unpaired) electrons. The van der Waals surface area contributed by atoms with E-state index in [1.54, 1.807) is 16.0 Å². The van der Waals surface area contributed by atoms with E-state index in [1.165, 1.54) is 0 Å². The van der Waals surface area contributed by atoms with E-state index in [-0.39, 0.29) is 6.03 Å². The first-order chi connectivity index (χ1) is 11.6. The van der Waals surface area contributed by atoms with Crippen LogP contribution in [0.25, 0.3) is 0 Å². The van der Waals surface area contributed by atoms with Gasteiger partial charge in [-0.05, 0) is 20.3 Å². The molecule has 2 aromatic rings. The largest absolute Gasteiger partial charge is 0.323 e. The molecule has 2 amide bonds. The van der Waals surface area contributed by atoms with Gasteiger partial charge in [-0.25, -0.2) is 9.78 Å². The number of nitrogens with zero attached hydrogens (tertiary/aromatic N) is 5. The first-order valence-electron chi connectivity index (χ1n) is 8.37. The summed E-state index contributed by atoms with van der Waals surface area (Å²) >= 11 is 1.69. The maximum atomic E-state index is 12.4. The second-order valence-corrected chi connectivity index (χ2v) is 7.02. The fraction of sp³-hybridized carbons (Fsp3) is 0.562. The van der Waals surface area contributed by atoms with Crippen LogP contribution in [0.15, 0.2) is 17.6 Å². The number of amides is 2. The van der Waals surface area contributed by atoms with Crippen LogP contribution in [0.5, 0.6) is 0 Å². The van der Waals surface area contributed by atoms with Crippen LogP contribution in [-0.4, -0.2) is 56.8 Å². The zero-order valence-corrected chi connectivity index (χ0v) is 15.1. The van der Waals surface area contributed by atoms with Crippen molar-refractivity contribution in [2.45, 2.75) is 33.4 Å². The molecule has 0 atom stereocenters. The summed E-state index contributed by atoms with van der Waals surface area (Å²) in [6, 6.07) is 1.76. The first-order valence-corrected chi connectivity index (χ1v) is 9.24. The Labute approximate surface area is 146 Å². The summed E-state index contributed by atoms with van der Waals surface area (Å²) in [4.78, 5) is 21.2. The average molecular weight is 348 g/mol. The van der Waals surface area contributed by atoms with Crippen molar-refractivity contribution in [1.29, 1.82) is 0 Å². The van der Waals surface area contributed by atoms with Gasteiger partial charge in [0.15, 0.2) is 5.82 Å². The van der Waals surface area contributed by atoms with E-state index in [4.69, 9.17) is 0 Å². The van der Waals surface area contributed by atoms with Crippen LogP contribution >= 0.6 is 11.3 Å². The first kappa shape index (κ1) is 16.9. The van der Waals surface area contributed by atoms with Gasteiger partial charge < -0.3 is 4.90 Å². The van der Waals surface area contributed by atoms with E-state index in [0.29, 0.717) is 5.82 Å². The maximum Gasteiger partial charge on any atom is 0.323 e. The molecule has 8 heteroatoms. The number of nitrogens with one attached hydrogen (secondary N) is 1. The molecule has 24 heavy (non-hydrogen) atoms. The number of thiazole rings is 1. The lowest BCUT2D eigenvalue weighted by Gasteiger charge is -2.21. The van der Waals surface area contributed by atoms with Gasteiger partial charge in [0.25, 0.3) is 0 Å². The zero-order valence-electron chi connectivity index (χ0n) is 14.2. The summed E-state index contributed by atoms with van der Waals surface area (Å²) < 4.78 is 1.80. The minimum atomic E-state index is -0.0669. The third-order valence-electron chi connectivity index (χ3n) is 4.13. The minimum Gasteiger partial charge on any atom is -0.323 e. The van der Waals surface area contributed by atoms with Crippen molar-refractivity contribution in [2.24, 2.45) is 0 Å². The molecule has 3 rings (SSSR count). The van der Waals surface area contributed by atoms with E-state index < -0.39 is 0 Å². The normalized spacial score (nSPS) is 16.2. The molecule has 0 saturated carbocycles. The molecule has 1 N–H and O–H groups in total. The Balaban J connectivity index is 1.51. The van der Waals surface area contributed by atoms with Crippen LogP contribution in [0.1, 0.15) is 24.0 Å². The number of hydrogen-bond acceptors (Lipinski definition) is 5. The van der Waals surface area contributed by atoms with Crippen molar-refractivity contribution in [3.05, 3.63) is 28.3 Å². The number of anilines is 1. The van der Waals surface area contributed by atoms with Crippen LogP contribution in [0.3, 0.4) is 0 Å². The highest BCUT2D eigenvalue weighted by Gasteiger charge is 2.20. The molecule has 0 aromatic carbocycles. The number of urea groups is 1. The van der Waals surface area contributed by atoms with Crippen LogP contribution in [0, 0.1) is 6.92 Å². The lowest BCUT2D eigenvalue weighted by Crippen LogP contribution is -2.38. The lowest BCUT2D eigenvalue weighted by molar-refractivity contribution is 0.210. The Kier molecular flexibility index (Phi) is 5.47. The Morgan fingerprint density at radius 3 is 2.92 bits per heavy atom. The van der Waals surface area contributed by atoms with Crippen molar-refractivity contribution < 1.29 is 4.79 Å². The smallest absolute Gasteiger partial charge is 0.323 e. The summed E-state index contributed by atoms with van der Waals surface area (Å²) in [5.41, 5.74) is 1.13. The van der Waals surface area contributed by atoms with Gasteiger partial charge in [0.1, 0.15) is 0 Å². The highest BCUT2D eigenvalue weighted by atomic mass is 32.1.